The first kappa shape index (κ1) is 16.5. The highest BCUT2D eigenvalue weighted by atomic mass is 16.5. The van der Waals surface area contributed by atoms with Crippen LogP contribution >= 0.6 is 0 Å². The van der Waals surface area contributed by atoms with E-state index in [1.165, 1.54) is 54.4 Å². The molecule has 0 radical (unpaired) electrons. The third kappa shape index (κ3) is 3.65. The van der Waals surface area contributed by atoms with Gasteiger partial charge in [0.25, 0.3) is 0 Å². The Morgan fingerprint density at radius 2 is 1.67 bits per heavy atom. The van der Waals surface area contributed by atoms with E-state index < -0.39 is 0 Å². The zero-order valence-corrected chi connectivity index (χ0v) is 13.9. The number of methoxy groups -OCH3 is 1. The lowest BCUT2D eigenvalue weighted by Crippen LogP contribution is -2.42. The fourth-order valence-electron chi connectivity index (χ4n) is 3.74. The predicted octanol–water partition coefficient (Wildman–Crippen LogP) is 3.71. The number of nitrogens with one attached hydrogen (secondary N) is 1. The fourth-order valence-corrected chi connectivity index (χ4v) is 3.74. The third-order valence-electron chi connectivity index (χ3n) is 5.11. The van der Waals surface area contributed by atoms with Crippen LogP contribution in [0.3, 0.4) is 0 Å². The number of hydrazine groups is 1. The van der Waals surface area contributed by atoms with Crippen molar-refractivity contribution in [3.63, 3.8) is 0 Å². The predicted molar refractivity (Wildman–Crippen MR) is 88.1 cm³/mol. The summed E-state index contributed by atoms with van der Waals surface area (Å²) in [5.41, 5.74) is 8.24. The summed E-state index contributed by atoms with van der Waals surface area (Å²) >= 11 is 0. The lowest BCUT2D eigenvalue weighted by molar-refractivity contribution is 0.00733. The second-order valence-corrected chi connectivity index (χ2v) is 6.54. The minimum absolute atomic E-state index is 0.0670. The van der Waals surface area contributed by atoms with Gasteiger partial charge in [0.05, 0.1) is 12.1 Å². The van der Waals surface area contributed by atoms with Crippen LogP contribution in [0.15, 0.2) is 12.1 Å². The smallest absolute Gasteiger partial charge is 0.0807 e. The van der Waals surface area contributed by atoms with Gasteiger partial charge in [0, 0.05) is 7.11 Å². The summed E-state index contributed by atoms with van der Waals surface area (Å²) in [6, 6.07) is 4.59. The van der Waals surface area contributed by atoms with Crippen LogP contribution in [0.1, 0.15) is 60.4 Å². The molecule has 1 aromatic rings. The normalized spacial score (nSPS) is 19.5. The minimum atomic E-state index is 0.0670. The lowest BCUT2D eigenvalue weighted by atomic mass is 9.80. The van der Waals surface area contributed by atoms with Gasteiger partial charge >= 0.3 is 0 Å². The molecule has 0 spiro atoms. The third-order valence-corrected chi connectivity index (χ3v) is 5.11. The van der Waals surface area contributed by atoms with Crippen molar-refractivity contribution < 1.29 is 4.74 Å². The summed E-state index contributed by atoms with van der Waals surface area (Å²) in [5, 5.41) is 0. The molecule has 2 rings (SSSR count). The van der Waals surface area contributed by atoms with Crippen molar-refractivity contribution >= 4 is 0 Å². The molecule has 0 aromatic heterocycles. The van der Waals surface area contributed by atoms with E-state index in [1.807, 2.05) is 7.11 Å². The number of aryl methyl sites for hydroxylation is 3. The van der Waals surface area contributed by atoms with Gasteiger partial charge in [-0.15, -0.1) is 0 Å². The number of benzene rings is 1. The zero-order valence-electron chi connectivity index (χ0n) is 13.9. The molecule has 3 N–H and O–H groups in total. The van der Waals surface area contributed by atoms with E-state index in [9.17, 15) is 0 Å². The molecule has 118 valence electrons. The Kier molecular flexibility index (Phi) is 5.80. The summed E-state index contributed by atoms with van der Waals surface area (Å²) in [4.78, 5) is 0. The highest BCUT2D eigenvalue weighted by molar-refractivity contribution is 5.38. The Bertz CT molecular complexity index is 467. The summed E-state index contributed by atoms with van der Waals surface area (Å²) in [6.45, 7) is 6.49. The van der Waals surface area contributed by atoms with Crippen molar-refractivity contribution in [2.45, 2.75) is 65.0 Å². The molecule has 0 aliphatic heterocycles. The van der Waals surface area contributed by atoms with Gasteiger partial charge in [-0.1, -0.05) is 31.4 Å². The van der Waals surface area contributed by atoms with Gasteiger partial charge in [-0.05, 0) is 61.8 Å². The van der Waals surface area contributed by atoms with E-state index in [2.05, 4.69) is 38.3 Å². The van der Waals surface area contributed by atoms with E-state index >= 15 is 0 Å². The molecule has 3 heteroatoms. The summed E-state index contributed by atoms with van der Waals surface area (Å²) < 4.78 is 5.88. The van der Waals surface area contributed by atoms with Crippen molar-refractivity contribution in [3.05, 3.63) is 34.4 Å². The van der Waals surface area contributed by atoms with Gasteiger partial charge in [0.15, 0.2) is 0 Å². The first-order valence-electron chi connectivity index (χ1n) is 8.15. The molecular formula is C18H30N2O. The van der Waals surface area contributed by atoms with Crippen LogP contribution in [0.2, 0.25) is 0 Å². The molecule has 1 fully saturated rings. The Morgan fingerprint density at radius 3 is 2.24 bits per heavy atom. The molecule has 0 saturated heterocycles. The summed E-state index contributed by atoms with van der Waals surface area (Å²) in [6.07, 6.45) is 6.63. The van der Waals surface area contributed by atoms with Crippen LogP contribution in [0.5, 0.6) is 0 Å². The maximum Gasteiger partial charge on any atom is 0.0807 e. The SMILES string of the molecule is COC(C1CCCCC1)C(NN)c1cc(C)c(C)cc1C. The monoisotopic (exact) mass is 290 g/mol. The van der Waals surface area contributed by atoms with E-state index in [-0.39, 0.29) is 12.1 Å². The molecule has 1 aromatic carbocycles. The molecule has 3 nitrogen and oxygen atoms in total. The molecular weight excluding hydrogens is 260 g/mol. The molecule has 1 aliphatic carbocycles. The second-order valence-electron chi connectivity index (χ2n) is 6.54. The summed E-state index contributed by atoms with van der Waals surface area (Å²) in [5.74, 6) is 6.52. The van der Waals surface area contributed by atoms with Crippen molar-refractivity contribution in [1.29, 1.82) is 0 Å². The Balaban J connectivity index is 2.30. The highest BCUT2D eigenvalue weighted by Crippen LogP contribution is 2.35. The number of nitrogens with two attached hydrogens (primary N) is 1. The standard InChI is InChI=1S/C18H30N2O/c1-12-10-14(3)16(11-13(12)2)17(20-19)18(21-4)15-8-6-5-7-9-15/h10-11,15,17-18,20H,5-9,19H2,1-4H3. The van der Waals surface area contributed by atoms with Gasteiger partial charge < -0.3 is 4.74 Å². The molecule has 0 bridgehead atoms. The van der Waals surface area contributed by atoms with Gasteiger partial charge in [-0.25, -0.2) is 0 Å². The second kappa shape index (κ2) is 7.39. The number of rotatable bonds is 5. The Labute approximate surface area is 129 Å². The zero-order chi connectivity index (χ0) is 15.4. The number of ether oxygens (including phenoxy) is 1. The van der Waals surface area contributed by atoms with Crippen molar-refractivity contribution in [2.75, 3.05) is 7.11 Å². The quantitative estimate of drug-likeness (QED) is 0.642. The number of hydrogen-bond acceptors (Lipinski definition) is 3. The molecule has 2 unspecified atom stereocenters. The van der Waals surface area contributed by atoms with Crippen LogP contribution in [0.25, 0.3) is 0 Å². The van der Waals surface area contributed by atoms with E-state index in [4.69, 9.17) is 10.6 Å². The molecule has 1 aliphatic rings. The van der Waals surface area contributed by atoms with Crippen molar-refractivity contribution in [2.24, 2.45) is 11.8 Å². The van der Waals surface area contributed by atoms with Crippen molar-refractivity contribution in [1.82, 2.24) is 5.43 Å². The average molecular weight is 290 g/mol. The molecule has 0 amide bonds. The van der Waals surface area contributed by atoms with E-state index in [0.717, 1.165) is 0 Å². The van der Waals surface area contributed by atoms with E-state index in [0.29, 0.717) is 5.92 Å². The molecule has 21 heavy (non-hydrogen) atoms. The van der Waals surface area contributed by atoms with Crippen LogP contribution in [-0.2, 0) is 4.74 Å². The Hall–Kier alpha value is -0.900. The fraction of sp³-hybridized carbons (Fsp3) is 0.667. The summed E-state index contributed by atoms with van der Waals surface area (Å²) in [7, 11) is 1.82. The van der Waals surface area contributed by atoms with Crippen molar-refractivity contribution in [3.8, 4) is 0 Å². The maximum atomic E-state index is 5.91. The maximum absolute atomic E-state index is 5.91. The van der Waals surface area contributed by atoms with Crippen LogP contribution in [0, 0.1) is 26.7 Å². The highest BCUT2D eigenvalue weighted by Gasteiger charge is 2.32. The van der Waals surface area contributed by atoms with E-state index in [1.54, 1.807) is 0 Å². The van der Waals surface area contributed by atoms with Crippen LogP contribution < -0.4 is 11.3 Å². The van der Waals surface area contributed by atoms with Gasteiger partial charge in [-0.2, -0.15) is 0 Å². The topological polar surface area (TPSA) is 47.3 Å². The molecule has 1 saturated carbocycles. The first-order chi connectivity index (χ1) is 10.1. The number of hydrogen-bond donors (Lipinski definition) is 2. The Morgan fingerprint density at radius 1 is 1.05 bits per heavy atom. The van der Waals surface area contributed by atoms with Gasteiger partial charge in [-0.3, -0.25) is 11.3 Å². The van der Waals surface area contributed by atoms with Crippen LogP contribution in [-0.4, -0.2) is 13.2 Å². The average Bonchev–Trinajstić information content (AvgIpc) is 2.50. The minimum Gasteiger partial charge on any atom is -0.379 e. The van der Waals surface area contributed by atoms with Gasteiger partial charge in [0.1, 0.15) is 0 Å². The van der Waals surface area contributed by atoms with Crippen LogP contribution in [0.4, 0.5) is 0 Å². The lowest BCUT2D eigenvalue weighted by Gasteiger charge is -2.35. The van der Waals surface area contributed by atoms with Gasteiger partial charge in [0.2, 0.25) is 0 Å². The molecule has 2 atom stereocenters. The molecule has 0 heterocycles. The first-order valence-corrected chi connectivity index (χ1v) is 8.15. The largest absolute Gasteiger partial charge is 0.379 e.